The number of methoxy groups -OCH3 is 2. The summed E-state index contributed by atoms with van der Waals surface area (Å²) in [7, 11) is 2.53. The number of esters is 3. The van der Waals surface area contributed by atoms with Crippen LogP contribution in [0.5, 0.6) is 0 Å². The third-order valence-corrected chi connectivity index (χ3v) is 2.90. The lowest BCUT2D eigenvalue weighted by Crippen LogP contribution is -2.41. The molecule has 0 amide bonds. The summed E-state index contributed by atoms with van der Waals surface area (Å²) in [4.78, 5) is 35.3. The Morgan fingerprint density at radius 1 is 1.17 bits per heavy atom. The van der Waals surface area contributed by atoms with Gasteiger partial charge in [-0.25, -0.2) is 4.79 Å². The summed E-state index contributed by atoms with van der Waals surface area (Å²) in [5, 5.41) is 12.6. The van der Waals surface area contributed by atoms with Gasteiger partial charge >= 0.3 is 17.9 Å². The van der Waals surface area contributed by atoms with Crippen molar-refractivity contribution in [2.75, 3.05) is 53.6 Å². The van der Waals surface area contributed by atoms with Crippen LogP contribution in [0, 0.1) is 0 Å². The molecule has 1 unspecified atom stereocenters. The van der Waals surface area contributed by atoms with E-state index in [9.17, 15) is 19.5 Å². The number of aliphatic hydroxyl groups excluding tert-OH is 1. The van der Waals surface area contributed by atoms with Gasteiger partial charge in [0.25, 0.3) is 0 Å². The largest absolute Gasteiger partial charge is 0.468 e. The maximum Gasteiger partial charge on any atom is 0.333 e. The van der Waals surface area contributed by atoms with Crippen molar-refractivity contribution < 1.29 is 33.7 Å². The highest BCUT2D eigenvalue weighted by atomic mass is 16.5. The molecule has 24 heavy (non-hydrogen) atoms. The van der Waals surface area contributed by atoms with E-state index in [2.05, 4.69) is 21.4 Å². The van der Waals surface area contributed by atoms with E-state index in [1.807, 2.05) is 0 Å². The minimum atomic E-state index is -0.872. The molecule has 0 aromatic rings. The van der Waals surface area contributed by atoms with Gasteiger partial charge in [-0.3, -0.25) is 14.5 Å². The zero-order valence-electron chi connectivity index (χ0n) is 14.4. The van der Waals surface area contributed by atoms with Gasteiger partial charge in [0.15, 0.2) is 0 Å². The van der Waals surface area contributed by atoms with Crippen LogP contribution >= 0.6 is 0 Å². The van der Waals surface area contributed by atoms with Crippen molar-refractivity contribution >= 4 is 17.9 Å². The quantitative estimate of drug-likeness (QED) is 0.193. The highest BCUT2D eigenvalue weighted by Crippen LogP contribution is 1.94. The summed E-state index contributed by atoms with van der Waals surface area (Å²) in [5.41, 5.74) is 0.261. The second kappa shape index (κ2) is 12.5. The van der Waals surface area contributed by atoms with Crippen molar-refractivity contribution in [1.29, 1.82) is 0 Å². The Kier molecular flexibility index (Phi) is 11.4. The molecular formula is C15H26N2O7. The maximum atomic E-state index is 11.3. The molecule has 9 nitrogen and oxygen atoms in total. The lowest BCUT2D eigenvalue weighted by Gasteiger charge is -2.20. The molecule has 138 valence electrons. The van der Waals surface area contributed by atoms with E-state index in [0.717, 1.165) is 0 Å². The Morgan fingerprint density at radius 2 is 1.71 bits per heavy atom. The number of aliphatic hydroxyl groups is 1. The Bertz CT molecular complexity index is 422. The first-order valence-electron chi connectivity index (χ1n) is 7.37. The molecule has 9 heteroatoms. The summed E-state index contributed by atoms with van der Waals surface area (Å²) in [6.45, 7) is 5.66. The van der Waals surface area contributed by atoms with Gasteiger partial charge in [0, 0.05) is 25.2 Å². The fourth-order valence-corrected chi connectivity index (χ4v) is 1.57. The summed E-state index contributed by atoms with van der Waals surface area (Å²) in [6.07, 6.45) is -0.872. The number of nitrogens with one attached hydrogen (secondary N) is 1. The smallest absolute Gasteiger partial charge is 0.333 e. The van der Waals surface area contributed by atoms with Gasteiger partial charge in [0.05, 0.1) is 27.3 Å². The van der Waals surface area contributed by atoms with Crippen LogP contribution in [0.4, 0.5) is 0 Å². The number of hydrogen-bond acceptors (Lipinski definition) is 9. The minimum absolute atomic E-state index is 0.0495. The molecule has 0 aliphatic heterocycles. The normalized spacial score (nSPS) is 11.7. The van der Waals surface area contributed by atoms with Crippen molar-refractivity contribution in [3.63, 3.8) is 0 Å². The molecule has 0 aliphatic rings. The van der Waals surface area contributed by atoms with Crippen LogP contribution in [-0.2, 0) is 28.6 Å². The topological polar surface area (TPSA) is 114 Å². The van der Waals surface area contributed by atoms with E-state index in [-0.39, 0.29) is 31.8 Å². The molecule has 0 fully saturated rings. The van der Waals surface area contributed by atoms with Crippen LogP contribution in [0.2, 0.25) is 0 Å². The fraction of sp³-hybridized carbons (Fsp3) is 0.667. The second-order valence-corrected chi connectivity index (χ2v) is 5.10. The second-order valence-electron chi connectivity index (χ2n) is 5.10. The van der Waals surface area contributed by atoms with Gasteiger partial charge in [-0.1, -0.05) is 6.58 Å². The summed E-state index contributed by atoms with van der Waals surface area (Å²) in [5.74, 6) is -1.49. The Hall–Kier alpha value is -1.97. The molecule has 1 atom stereocenters. The molecule has 0 radical (unpaired) electrons. The van der Waals surface area contributed by atoms with Crippen LogP contribution in [0.3, 0.4) is 0 Å². The van der Waals surface area contributed by atoms with Gasteiger partial charge in [0.2, 0.25) is 0 Å². The van der Waals surface area contributed by atoms with Gasteiger partial charge < -0.3 is 24.6 Å². The van der Waals surface area contributed by atoms with Gasteiger partial charge in [0.1, 0.15) is 12.7 Å². The van der Waals surface area contributed by atoms with Gasteiger partial charge in [-0.05, 0) is 6.92 Å². The molecule has 0 aromatic heterocycles. The van der Waals surface area contributed by atoms with Crippen molar-refractivity contribution in [2.24, 2.45) is 0 Å². The third kappa shape index (κ3) is 10.7. The summed E-state index contributed by atoms with van der Waals surface area (Å²) < 4.78 is 13.9. The number of nitrogens with zero attached hydrogens (tertiary/aromatic N) is 1. The first-order valence-corrected chi connectivity index (χ1v) is 7.37. The molecule has 0 saturated heterocycles. The van der Waals surface area contributed by atoms with E-state index >= 15 is 0 Å². The molecule has 0 spiro atoms. The fourth-order valence-electron chi connectivity index (χ4n) is 1.57. The lowest BCUT2D eigenvalue weighted by atomic mass is 10.3. The number of rotatable bonds is 12. The molecule has 0 heterocycles. The molecule has 0 bridgehead atoms. The molecule has 2 N–H and O–H groups in total. The molecule has 0 aliphatic carbocycles. The lowest BCUT2D eigenvalue weighted by molar-refractivity contribution is -0.145. The number of hydrogen-bond donors (Lipinski definition) is 2. The monoisotopic (exact) mass is 346 g/mol. The van der Waals surface area contributed by atoms with Gasteiger partial charge in [-0.2, -0.15) is 0 Å². The van der Waals surface area contributed by atoms with Crippen molar-refractivity contribution in [3.05, 3.63) is 12.2 Å². The summed E-state index contributed by atoms with van der Waals surface area (Å²) in [6, 6.07) is 0. The predicted octanol–water partition coefficient (Wildman–Crippen LogP) is -1.30. The van der Waals surface area contributed by atoms with E-state index in [0.29, 0.717) is 13.1 Å². The van der Waals surface area contributed by atoms with Crippen LogP contribution in [0.25, 0.3) is 0 Å². The highest BCUT2D eigenvalue weighted by molar-refractivity contribution is 5.86. The molecular weight excluding hydrogens is 320 g/mol. The van der Waals surface area contributed by atoms with Crippen LogP contribution in [0.1, 0.15) is 6.92 Å². The molecule has 0 saturated carbocycles. The van der Waals surface area contributed by atoms with Crippen LogP contribution in [0.15, 0.2) is 12.2 Å². The standard InChI is InChI=1S/C15H26N2O7/c1-11(2)15(21)24-10-12(18)7-16-5-6-17(8-13(19)22-3)9-14(20)23-4/h12,16,18H,1,5-10H2,2-4H3. The SMILES string of the molecule is C=C(C)C(=O)OCC(O)CNCCN(CC(=O)OC)CC(=O)OC. The number of carbonyl (C=O) groups excluding carboxylic acids is 3. The molecule has 0 rings (SSSR count). The summed E-state index contributed by atoms with van der Waals surface area (Å²) >= 11 is 0. The first kappa shape index (κ1) is 22.0. The number of ether oxygens (including phenoxy) is 3. The van der Waals surface area contributed by atoms with Crippen LogP contribution < -0.4 is 5.32 Å². The van der Waals surface area contributed by atoms with Crippen LogP contribution in [-0.4, -0.2) is 87.6 Å². The van der Waals surface area contributed by atoms with E-state index < -0.39 is 24.0 Å². The Balaban J connectivity index is 4.08. The van der Waals surface area contributed by atoms with Crippen molar-refractivity contribution in [1.82, 2.24) is 10.2 Å². The third-order valence-electron chi connectivity index (χ3n) is 2.90. The average molecular weight is 346 g/mol. The molecule has 0 aromatic carbocycles. The minimum Gasteiger partial charge on any atom is -0.468 e. The zero-order valence-corrected chi connectivity index (χ0v) is 14.4. The van der Waals surface area contributed by atoms with E-state index in [4.69, 9.17) is 4.74 Å². The Labute approximate surface area is 141 Å². The Morgan fingerprint density at radius 3 is 2.17 bits per heavy atom. The highest BCUT2D eigenvalue weighted by Gasteiger charge is 2.15. The average Bonchev–Trinajstić information content (AvgIpc) is 2.55. The van der Waals surface area contributed by atoms with Crippen molar-refractivity contribution in [2.45, 2.75) is 13.0 Å². The van der Waals surface area contributed by atoms with E-state index in [1.165, 1.54) is 21.1 Å². The zero-order chi connectivity index (χ0) is 18.5. The first-order chi connectivity index (χ1) is 11.3. The number of carbonyl (C=O) groups is 3. The van der Waals surface area contributed by atoms with E-state index in [1.54, 1.807) is 4.90 Å². The predicted molar refractivity (Wildman–Crippen MR) is 85.1 cm³/mol. The van der Waals surface area contributed by atoms with Gasteiger partial charge in [-0.15, -0.1) is 0 Å². The maximum absolute atomic E-state index is 11.3. The van der Waals surface area contributed by atoms with Crippen molar-refractivity contribution in [3.8, 4) is 0 Å².